The number of hydrogen-bond donors (Lipinski definition) is 1. The van der Waals surface area contributed by atoms with E-state index in [1.54, 1.807) is 18.7 Å². The molecule has 0 radical (unpaired) electrons. The van der Waals surface area contributed by atoms with Crippen LogP contribution in [0.15, 0.2) is 34.0 Å². The number of benzene rings is 1. The summed E-state index contributed by atoms with van der Waals surface area (Å²) in [4.78, 5) is 34.9. The number of nitrogens with zero attached hydrogens (tertiary/aromatic N) is 2. The van der Waals surface area contributed by atoms with Gasteiger partial charge in [-0.15, -0.1) is 11.8 Å². The molecule has 0 saturated heterocycles. The number of anilines is 1. The number of H-pyrrole nitrogens is 1. The summed E-state index contributed by atoms with van der Waals surface area (Å²) in [6, 6.07) is 8.13. The molecular formula is C18H21N3O2S. The molecule has 1 aliphatic rings. The number of thioether (sulfide) groups is 1. The molecule has 2 aromatic rings. The predicted molar refractivity (Wildman–Crippen MR) is 96.8 cm³/mol. The van der Waals surface area contributed by atoms with Crippen molar-refractivity contribution in [1.29, 1.82) is 0 Å². The standard InChI is InChI=1S/C18H21N3O2S/c1-11-10-24-16-7-5-4-6-15(16)21(11)17(22)9-8-14-12(2)19-13(3)20-18(14)23/h4-7,11H,8-10H2,1-3H3,(H,19,20,23). The van der Waals surface area contributed by atoms with Crippen LogP contribution in [0.1, 0.15) is 30.4 Å². The Morgan fingerprint density at radius 2 is 2.12 bits per heavy atom. The first-order chi connectivity index (χ1) is 11.5. The monoisotopic (exact) mass is 343 g/mol. The zero-order chi connectivity index (χ0) is 17.3. The van der Waals surface area contributed by atoms with Crippen molar-refractivity contribution in [2.45, 2.75) is 44.6 Å². The first-order valence-corrected chi connectivity index (χ1v) is 9.06. The molecule has 1 N–H and O–H groups in total. The topological polar surface area (TPSA) is 66.1 Å². The highest BCUT2D eigenvalue weighted by molar-refractivity contribution is 7.99. The molecule has 24 heavy (non-hydrogen) atoms. The lowest BCUT2D eigenvalue weighted by Crippen LogP contribution is -2.42. The Labute approximate surface area is 145 Å². The van der Waals surface area contributed by atoms with Gasteiger partial charge in [0, 0.05) is 34.4 Å². The number of aromatic nitrogens is 2. The van der Waals surface area contributed by atoms with Crippen LogP contribution < -0.4 is 10.5 Å². The lowest BCUT2D eigenvalue weighted by Gasteiger charge is -2.34. The van der Waals surface area contributed by atoms with Gasteiger partial charge in [-0.3, -0.25) is 9.59 Å². The minimum Gasteiger partial charge on any atom is -0.311 e. The Morgan fingerprint density at radius 3 is 2.88 bits per heavy atom. The number of para-hydroxylation sites is 1. The summed E-state index contributed by atoms with van der Waals surface area (Å²) in [5.41, 5.74) is 2.13. The van der Waals surface area contributed by atoms with Gasteiger partial charge in [0.25, 0.3) is 5.56 Å². The van der Waals surface area contributed by atoms with E-state index in [0.29, 0.717) is 29.9 Å². The zero-order valence-corrected chi connectivity index (χ0v) is 14.9. The van der Waals surface area contributed by atoms with Crippen LogP contribution in [-0.4, -0.2) is 27.7 Å². The van der Waals surface area contributed by atoms with E-state index in [1.807, 2.05) is 36.1 Å². The van der Waals surface area contributed by atoms with Gasteiger partial charge in [-0.2, -0.15) is 0 Å². The molecule has 3 rings (SSSR count). The molecule has 0 saturated carbocycles. The van der Waals surface area contributed by atoms with Crippen molar-refractivity contribution in [2.24, 2.45) is 0 Å². The van der Waals surface area contributed by atoms with Crippen LogP contribution in [0, 0.1) is 13.8 Å². The Hall–Kier alpha value is -2.08. The summed E-state index contributed by atoms with van der Waals surface area (Å²) in [6.45, 7) is 5.64. The maximum atomic E-state index is 12.8. The van der Waals surface area contributed by atoms with E-state index in [-0.39, 0.29) is 17.5 Å². The molecule has 0 spiro atoms. The van der Waals surface area contributed by atoms with Gasteiger partial charge in [-0.05, 0) is 39.3 Å². The molecule has 5 nitrogen and oxygen atoms in total. The van der Waals surface area contributed by atoms with Crippen molar-refractivity contribution in [3.8, 4) is 0 Å². The Morgan fingerprint density at radius 1 is 1.38 bits per heavy atom. The van der Waals surface area contributed by atoms with E-state index in [9.17, 15) is 9.59 Å². The van der Waals surface area contributed by atoms with Crippen molar-refractivity contribution >= 4 is 23.4 Å². The molecule has 1 atom stereocenters. The number of nitrogens with one attached hydrogen (secondary N) is 1. The van der Waals surface area contributed by atoms with Crippen molar-refractivity contribution in [1.82, 2.24) is 9.97 Å². The van der Waals surface area contributed by atoms with E-state index >= 15 is 0 Å². The molecular weight excluding hydrogens is 322 g/mol. The third-order valence-corrected chi connectivity index (χ3v) is 5.55. The lowest BCUT2D eigenvalue weighted by atomic mass is 10.1. The van der Waals surface area contributed by atoms with E-state index in [0.717, 1.165) is 16.3 Å². The van der Waals surface area contributed by atoms with Crippen molar-refractivity contribution in [3.05, 3.63) is 51.7 Å². The van der Waals surface area contributed by atoms with Gasteiger partial charge < -0.3 is 9.88 Å². The third-order valence-electron chi connectivity index (χ3n) is 4.24. The summed E-state index contributed by atoms with van der Waals surface area (Å²) in [5.74, 6) is 1.53. The van der Waals surface area contributed by atoms with Crippen LogP contribution >= 0.6 is 11.8 Å². The maximum absolute atomic E-state index is 12.8. The molecule has 1 aromatic heterocycles. The summed E-state index contributed by atoms with van der Waals surface area (Å²) >= 11 is 1.78. The summed E-state index contributed by atoms with van der Waals surface area (Å²) in [6.07, 6.45) is 0.712. The molecule has 1 amide bonds. The van der Waals surface area contributed by atoms with Gasteiger partial charge in [-0.1, -0.05) is 12.1 Å². The number of rotatable bonds is 3. The minimum atomic E-state index is -0.143. The van der Waals surface area contributed by atoms with Crippen LogP contribution in [0.25, 0.3) is 0 Å². The fourth-order valence-electron chi connectivity index (χ4n) is 3.08. The quantitative estimate of drug-likeness (QED) is 0.931. The molecule has 126 valence electrons. The van der Waals surface area contributed by atoms with Crippen LogP contribution in [0.4, 0.5) is 5.69 Å². The molecule has 0 bridgehead atoms. The van der Waals surface area contributed by atoms with Gasteiger partial charge in [-0.25, -0.2) is 4.98 Å². The normalized spacial score (nSPS) is 16.8. The van der Waals surface area contributed by atoms with Crippen LogP contribution in [-0.2, 0) is 11.2 Å². The fourth-order valence-corrected chi connectivity index (χ4v) is 4.14. The average molecular weight is 343 g/mol. The van der Waals surface area contributed by atoms with Crippen LogP contribution in [0.3, 0.4) is 0 Å². The van der Waals surface area contributed by atoms with E-state index < -0.39 is 0 Å². The average Bonchev–Trinajstić information content (AvgIpc) is 2.53. The number of fused-ring (bicyclic) bond motifs is 1. The van der Waals surface area contributed by atoms with Gasteiger partial charge in [0.05, 0.1) is 5.69 Å². The van der Waals surface area contributed by atoms with E-state index in [2.05, 4.69) is 16.9 Å². The largest absolute Gasteiger partial charge is 0.311 e. The summed E-state index contributed by atoms with van der Waals surface area (Å²) < 4.78 is 0. The highest BCUT2D eigenvalue weighted by atomic mass is 32.2. The number of aromatic amines is 1. The number of carbonyl (C=O) groups excluding carboxylic acids is 1. The molecule has 1 aliphatic heterocycles. The second-order valence-electron chi connectivity index (χ2n) is 6.11. The molecule has 1 unspecified atom stereocenters. The van der Waals surface area contributed by atoms with Crippen molar-refractivity contribution in [2.75, 3.05) is 10.7 Å². The lowest BCUT2D eigenvalue weighted by molar-refractivity contribution is -0.119. The molecule has 0 fully saturated rings. The van der Waals surface area contributed by atoms with Crippen molar-refractivity contribution < 1.29 is 4.79 Å². The highest BCUT2D eigenvalue weighted by Crippen LogP contribution is 2.37. The first kappa shape index (κ1) is 16.8. The van der Waals surface area contributed by atoms with Gasteiger partial charge >= 0.3 is 0 Å². The summed E-state index contributed by atoms with van der Waals surface area (Å²) in [7, 11) is 0. The molecule has 2 heterocycles. The highest BCUT2D eigenvalue weighted by Gasteiger charge is 2.28. The van der Waals surface area contributed by atoms with Crippen molar-refractivity contribution in [3.63, 3.8) is 0 Å². The van der Waals surface area contributed by atoms with Gasteiger partial charge in [0.2, 0.25) is 5.91 Å². The maximum Gasteiger partial charge on any atom is 0.254 e. The van der Waals surface area contributed by atoms with Crippen LogP contribution in [0.2, 0.25) is 0 Å². The Bertz CT molecular complexity index is 831. The minimum absolute atomic E-state index is 0.0506. The fraction of sp³-hybridized carbons (Fsp3) is 0.389. The number of hydrogen-bond acceptors (Lipinski definition) is 4. The number of amides is 1. The molecule has 6 heteroatoms. The van der Waals surface area contributed by atoms with E-state index in [4.69, 9.17) is 0 Å². The second kappa shape index (κ2) is 6.81. The molecule has 0 aliphatic carbocycles. The summed E-state index contributed by atoms with van der Waals surface area (Å²) in [5, 5.41) is 0. The first-order valence-electron chi connectivity index (χ1n) is 8.07. The smallest absolute Gasteiger partial charge is 0.254 e. The van der Waals surface area contributed by atoms with Crippen LogP contribution in [0.5, 0.6) is 0 Å². The number of aryl methyl sites for hydroxylation is 2. The Kier molecular flexibility index (Phi) is 4.76. The Balaban J connectivity index is 1.80. The zero-order valence-electron chi connectivity index (χ0n) is 14.1. The molecule has 1 aromatic carbocycles. The second-order valence-corrected chi connectivity index (χ2v) is 7.17. The van der Waals surface area contributed by atoms with Gasteiger partial charge in [0.1, 0.15) is 5.82 Å². The SMILES string of the molecule is Cc1nc(C)c(CCC(=O)N2c3ccccc3SCC2C)c(=O)[nH]1. The van der Waals surface area contributed by atoms with E-state index in [1.165, 1.54) is 0 Å². The third kappa shape index (κ3) is 3.24. The van der Waals surface area contributed by atoms with Gasteiger partial charge in [0.15, 0.2) is 0 Å². The number of carbonyl (C=O) groups is 1. The predicted octanol–water partition coefficient (Wildman–Crippen LogP) is 2.85.